The Morgan fingerprint density at radius 2 is 1.67 bits per heavy atom. The fourth-order valence-electron chi connectivity index (χ4n) is 1.72. The zero-order valence-corrected chi connectivity index (χ0v) is 10.3. The van der Waals surface area contributed by atoms with E-state index < -0.39 is 8.24 Å². The first-order chi connectivity index (χ1) is 5.52. The van der Waals surface area contributed by atoms with Gasteiger partial charge in [-0.05, 0) is 26.1 Å². The monoisotopic (exact) mass is 185 g/mol. The minimum absolute atomic E-state index is 1.17. The lowest BCUT2D eigenvalue weighted by molar-refractivity contribution is 0.467. The minimum atomic E-state index is -1.29. The highest BCUT2D eigenvalue weighted by atomic mass is 28.3. The molecule has 0 spiro atoms. The quantitative estimate of drug-likeness (QED) is 0.595. The van der Waals surface area contributed by atoms with Crippen molar-refractivity contribution in [3.63, 3.8) is 0 Å². The molecule has 1 nitrogen and oxygen atoms in total. The summed E-state index contributed by atoms with van der Waals surface area (Å²) in [5.74, 6) is 0. The molecule has 0 aromatic heterocycles. The van der Waals surface area contributed by atoms with Crippen LogP contribution in [0, 0.1) is 0 Å². The van der Waals surface area contributed by atoms with Crippen molar-refractivity contribution in [1.82, 2.24) is 4.57 Å². The first kappa shape index (κ1) is 11.9. The maximum Gasteiger partial charge on any atom is 0.152 e. The van der Waals surface area contributed by atoms with Crippen LogP contribution in [0.3, 0.4) is 0 Å². The molecule has 0 aromatic rings. The molecule has 12 heavy (non-hydrogen) atoms. The fraction of sp³-hybridized carbons (Fsp3) is 0.800. The van der Waals surface area contributed by atoms with Crippen LogP contribution in [0.2, 0.25) is 12.6 Å². The number of hydrogen-bond acceptors (Lipinski definition) is 1. The molecule has 0 aromatic carbocycles. The fourth-order valence-corrected chi connectivity index (χ4v) is 4.70. The lowest BCUT2D eigenvalue weighted by Gasteiger charge is -2.38. The van der Waals surface area contributed by atoms with E-state index in [1.807, 2.05) is 0 Å². The van der Waals surface area contributed by atoms with Crippen LogP contribution in [0.1, 0.15) is 27.7 Å². The van der Waals surface area contributed by atoms with Crippen LogP contribution in [0.5, 0.6) is 0 Å². The van der Waals surface area contributed by atoms with Gasteiger partial charge in [0.25, 0.3) is 0 Å². The third-order valence-electron chi connectivity index (χ3n) is 3.07. The second kappa shape index (κ2) is 4.82. The van der Waals surface area contributed by atoms with Crippen molar-refractivity contribution in [2.75, 3.05) is 13.1 Å². The maximum atomic E-state index is 4.13. The molecule has 0 saturated heterocycles. The standard InChI is InChI=1S/C10H23NSi/c1-7-11(8-2)12(6,9-3)10(4)5/h4,7-9H2,1-3,5-6H3. The first-order valence-corrected chi connectivity index (χ1v) is 7.59. The Kier molecular flexibility index (Phi) is 4.79. The van der Waals surface area contributed by atoms with Crippen LogP contribution in [0.15, 0.2) is 11.8 Å². The summed E-state index contributed by atoms with van der Waals surface area (Å²) >= 11 is 0. The molecule has 0 radical (unpaired) electrons. The molecular formula is C10H23NSi. The third-order valence-corrected chi connectivity index (χ3v) is 8.31. The summed E-state index contributed by atoms with van der Waals surface area (Å²) in [7, 11) is -1.29. The number of hydrogen-bond donors (Lipinski definition) is 0. The molecule has 0 N–H and O–H groups in total. The molecule has 0 aliphatic rings. The normalized spacial score (nSPS) is 16.2. The van der Waals surface area contributed by atoms with Gasteiger partial charge in [0.15, 0.2) is 8.24 Å². The lowest BCUT2D eigenvalue weighted by Crippen LogP contribution is -2.51. The SMILES string of the molecule is C=C(C)[Si](C)(CC)N(CC)CC. The van der Waals surface area contributed by atoms with E-state index in [4.69, 9.17) is 0 Å². The largest absolute Gasteiger partial charge is 0.321 e. The Hall–Kier alpha value is -0.0831. The molecule has 0 fully saturated rings. The van der Waals surface area contributed by atoms with Gasteiger partial charge in [-0.1, -0.05) is 32.5 Å². The van der Waals surface area contributed by atoms with Gasteiger partial charge in [-0.3, -0.25) is 0 Å². The van der Waals surface area contributed by atoms with E-state index >= 15 is 0 Å². The maximum absolute atomic E-state index is 4.13. The summed E-state index contributed by atoms with van der Waals surface area (Å²) in [6.45, 7) is 17.9. The lowest BCUT2D eigenvalue weighted by atomic mass is 10.7. The Morgan fingerprint density at radius 1 is 1.25 bits per heavy atom. The molecule has 0 rings (SSSR count). The molecule has 0 bridgehead atoms. The molecule has 0 aliphatic heterocycles. The Bertz CT molecular complexity index is 152. The van der Waals surface area contributed by atoms with Crippen molar-refractivity contribution in [2.24, 2.45) is 0 Å². The number of rotatable bonds is 5. The zero-order valence-electron chi connectivity index (χ0n) is 9.28. The molecule has 0 aliphatic carbocycles. The summed E-state index contributed by atoms with van der Waals surface area (Å²) in [6.07, 6.45) is 0. The second-order valence-corrected chi connectivity index (χ2v) is 8.32. The van der Waals surface area contributed by atoms with E-state index in [9.17, 15) is 0 Å². The van der Waals surface area contributed by atoms with Crippen molar-refractivity contribution in [2.45, 2.75) is 40.3 Å². The molecule has 0 heterocycles. The minimum Gasteiger partial charge on any atom is -0.321 e. The second-order valence-electron chi connectivity index (χ2n) is 3.58. The Morgan fingerprint density at radius 3 is 1.75 bits per heavy atom. The summed E-state index contributed by atoms with van der Waals surface area (Å²) in [5, 5.41) is 1.41. The molecular weight excluding hydrogens is 162 g/mol. The number of nitrogens with zero attached hydrogens (tertiary/aromatic N) is 1. The van der Waals surface area contributed by atoms with Crippen LogP contribution in [0.25, 0.3) is 0 Å². The highest BCUT2D eigenvalue weighted by Crippen LogP contribution is 2.21. The zero-order chi connectivity index (χ0) is 9.78. The van der Waals surface area contributed by atoms with Crippen molar-refractivity contribution in [1.29, 1.82) is 0 Å². The third kappa shape index (κ3) is 2.20. The van der Waals surface area contributed by atoms with Gasteiger partial charge in [-0.2, -0.15) is 0 Å². The van der Waals surface area contributed by atoms with Crippen molar-refractivity contribution < 1.29 is 0 Å². The number of allylic oxidation sites excluding steroid dienone is 1. The van der Waals surface area contributed by atoms with E-state index in [1.165, 1.54) is 24.3 Å². The Labute approximate surface area is 78.6 Å². The average molecular weight is 185 g/mol. The van der Waals surface area contributed by atoms with Crippen LogP contribution in [-0.2, 0) is 0 Å². The molecule has 72 valence electrons. The van der Waals surface area contributed by atoms with Gasteiger partial charge in [0.2, 0.25) is 0 Å². The topological polar surface area (TPSA) is 3.24 Å². The summed E-state index contributed by atoms with van der Waals surface area (Å²) < 4.78 is 2.61. The van der Waals surface area contributed by atoms with E-state index in [1.54, 1.807) is 0 Å². The average Bonchev–Trinajstić information content (AvgIpc) is 2.05. The van der Waals surface area contributed by atoms with E-state index in [2.05, 4.69) is 45.4 Å². The predicted molar refractivity (Wildman–Crippen MR) is 59.8 cm³/mol. The highest BCUT2D eigenvalue weighted by Gasteiger charge is 2.31. The van der Waals surface area contributed by atoms with Gasteiger partial charge in [-0.25, -0.2) is 0 Å². The van der Waals surface area contributed by atoms with Gasteiger partial charge in [0.1, 0.15) is 0 Å². The molecule has 0 amide bonds. The molecule has 1 unspecified atom stereocenters. The summed E-state index contributed by atoms with van der Waals surface area (Å²) in [5.41, 5.74) is 0. The highest BCUT2D eigenvalue weighted by molar-refractivity contribution is 6.82. The first-order valence-electron chi connectivity index (χ1n) is 4.93. The predicted octanol–water partition coefficient (Wildman–Crippen LogP) is 3.04. The smallest absolute Gasteiger partial charge is 0.152 e. The van der Waals surface area contributed by atoms with E-state index in [0.717, 1.165) is 0 Å². The van der Waals surface area contributed by atoms with Gasteiger partial charge < -0.3 is 4.57 Å². The van der Waals surface area contributed by atoms with Gasteiger partial charge in [0.05, 0.1) is 0 Å². The van der Waals surface area contributed by atoms with E-state index in [-0.39, 0.29) is 0 Å². The molecule has 2 heteroatoms. The molecule has 0 saturated carbocycles. The van der Waals surface area contributed by atoms with Crippen molar-refractivity contribution in [3.05, 3.63) is 11.8 Å². The van der Waals surface area contributed by atoms with Gasteiger partial charge >= 0.3 is 0 Å². The van der Waals surface area contributed by atoms with E-state index in [0.29, 0.717) is 0 Å². The van der Waals surface area contributed by atoms with Gasteiger partial charge in [-0.15, -0.1) is 6.58 Å². The van der Waals surface area contributed by atoms with Crippen LogP contribution < -0.4 is 0 Å². The van der Waals surface area contributed by atoms with Crippen LogP contribution in [0.4, 0.5) is 0 Å². The van der Waals surface area contributed by atoms with Gasteiger partial charge in [0, 0.05) is 0 Å². The molecule has 1 atom stereocenters. The Balaban J connectivity index is 4.58. The van der Waals surface area contributed by atoms with Crippen LogP contribution >= 0.6 is 0 Å². The van der Waals surface area contributed by atoms with Crippen molar-refractivity contribution in [3.8, 4) is 0 Å². The van der Waals surface area contributed by atoms with Crippen molar-refractivity contribution >= 4 is 8.24 Å². The van der Waals surface area contributed by atoms with Crippen LogP contribution in [-0.4, -0.2) is 25.9 Å². The summed E-state index contributed by atoms with van der Waals surface area (Å²) in [4.78, 5) is 0. The summed E-state index contributed by atoms with van der Waals surface area (Å²) in [6, 6.07) is 1.28.